The summed E-state index contributed by atoms with van der Waals surface area (Å²) >= 11 is 0. The monoisotopic (exact) mass is 262 g/mol. The van der Waals surface area contributed by atoms with Crippen LogP contribution in [-0.2, 0) is 6.54 Å². The number of rotatable bonds is 4. The van der Waals surface area contributed by atoms with E-state index in [1.54, 1.807) is 6.07 Å². The minimum Gasteiger partial charge on any atom is -0.464 e. The lowest BCUT2D eigenvalue weighted by atomic mass is 10.1. The Hall–Kier alpha value is -1.81. The molecule has 0 saturated carbocycles. The standard InChI is InChI=1S/C15H19FN2O/c1-10-4-6-13(19-10)9-18(3)15-7-5-12(11(2)17)8-14(15)16/h4-8,11H,9,17H2,1-3H3. The summed E-state index contributed by atoms with van der Waals surface area (Å²) < 4.78 is 19.5. The molecule has 0 aliphatic rings. The van der Waals surface area contributed by atoms with Crippen LogP contribution in [0.25, 0.3) is 0 Å². The number of anilines is 1. The van der Waals surface area contributed by atoms with Gasteiger partial charge in [-0.2, -0.15) is 0 Å². The van der Waals surface area contributed by atoms with E-state index in [0.29, 0.717) is 12.2 Å². The highest BCUT2D eigenvalue weighted by molar-refractivity contribution is 5.49. The fourth-order valence-electron chi connectivity index (χ4n) is 2.00. The van der Waals surface area contributed by atoms with Crippen LogP contribution in [0.2, 0.25) is 0 Å². The molecule has 0 radical (unpaired) electrons. The number of benzene rings is 1. The van der Waals surface area contributed by atoms with E-state index in [0.717, 1.165) is 17.1 Å². The average Bonchev–Trinajstić information content (AvgIpc) is 2.74. The molecule has 2 rings (SSSR count). The van der Waals surface area contributed by atoms with E-state index >= 15 is 0 Å². The Morgan fingerprint density at radius 1 is 1.32 bits per heavy atom. The van der Waals surface area contributed by atoms with Gasteiger partial charge in [0, 0.05) is 13.1 Å². The number of hydrogen-bond donors (Lipinski definition) is 1. The van der Waals surface area contributed by atoms with E-state index in [2.05, 4.69) is 0 Å². The molecule has 1 aromatic carbocycles. The maximum absolute atomic E-state index is 14.0. The molecule has 1 heterocycles. The second-order valence-electron chi connectivity index (χ2n) is 4.87. The quantitative estimate of drug-likeness (QED) is 0.918. The molecular formula is C15H19FN2O. The highest BCUT2D eigenvalue weighted by Gasteiger charge is 2.11. The van der Waals surface area contributed by atoms with Gasteiger partial charge in [-0.1, -0.05) is 6.07 Å². The Balaban J connectivity index is 2.17. The third-order valence-corrected chi connectivity index (χ3v) is 3.10. The molecule has 0 bridgehead atoms. The van der Waals surface area contributed by atoms with E-state index in [9.17, 15) is 4.39 Å². The van der Waals surface area contributed by atoms with Gasteiger partial charge in [0.2, 0.25) is 0 Å². The molecule has 0 aliphatic heterocycles. The van der Waals surface area contributed by atoms with Crippen LogP contribution in [0, 0.1) is 12.7 Å². The largest absolute Gasteiger partial charge is 0.464 e. The minimum absolute atomic E-state index is 0.165. The van der Waals surface area contributed by atoms with Crippen LogP contribution >= 0.6 is 0 Å². The maximum atomic E-state index is 14.0. The predicted molar refractivity (Wildman–Crippen MR) is 74.6 cm³/mol. The number of aryl methyl sites for hydroxylation is 1. The van der Waals surface area contributed by atoms with Crippen LogP contribution in [0.15, 0.2) is 34.7 Å². The fraction of sp³-hybridized carbons (Fsp3) is 0.333. The summed E-state index contributed by atoms with van der Waals surface area (Å²) in [5.74, 6) is 1.41. The molecule has 1 atom stereocenters. The smallest absolute Gasteiger partial charge is 0.146 e. The summed E-state index contributed by atoms with van der Waals surface area (Å²) in [6.07, 6.45) is 0. The van der Waals surface area contributed by atoms with Crippen LogP contribution in [0.4, 0.5) is 10.1 Å². The van der Waals surface area contributed by atoms with Crippen molar-refractivity contribution in [3.63, 3.8) is 0 Å². The second kappa shape index (κ2) is 5.45. The van der Waals surface area contributed by atoms with Crippen molar-refractivity contribution in [2.75, 3.05) is 11.9 Å². The molecule has 0 spiro atoms. The van der Waals surface area contributed by atoms with Gasteiger partial charge in [0.25, 0.3) is 0 Å². The van der Waals surface area contributed by atoms with Crippen LogP contribution in [0.1, 0.15) is 30.0 Å². The van der Waals surface area contributed by atoms with Gasteiger partial charge in [0.1, 0.15) is 17.3 Å². The van der Waals surface area contributed by atoms with E-state index in [1.807, 2.05) is 44.0 Å². The summed E-state index contributed by atoms with van der Waals surface area (Å²) in [7, 11) is 1.84. The van der Waals surface area contributed by atoms with Crippen LogP contribution in [-0.4, -0.2) is 7.05 Å². The van der Waals surface area contributed by atoms with Gasteiger partial charge < -0.3 is 15.1 Å². The van der Waals surface area contributed by atoms with Gasteiger partial charge >= 0.3 is 0 Å². The van der Waals surface area contributed by atoms with E-state index in [-0.39, 0.29) is 11.9 Å². The molecule has 0 amide bonds. The van der Waals surface area contributed by atoms with Crippen molar-refractivity contribution in [2.45, 2.75) is 26.4 Å². The Labute approximate surface area is 112 Å². The zero-order valence-electron chi connectivity index (χ0n) is 11.5. The summed E-state index contributed by atoms with van der Waals surface area (Å²) in [4.78, 5) is 1.82. The summed E-state index contributed by atoms with van der Waals surface area (Å²) in [6, 6.07) is 8.74. The lowest BCUT2D eigenvalue weighted by Gasteiger charge is -2.19. The molecule has 19 heavy (non-hydrogen) atoms. The van der Waals surface area contributed by atoms with E-state index < -0.39 is 0 Å². The molecule has 0 aliphatic carbocycles. The van der Waals surface area contributed by atoms with Crippen molar-refractivity contribution in [1.29, 1.82) is 0 Å². The van der Waals surface area contributed by atoms with E-state index in [1.165, 1.54) is 6.07 Å². The highest BCUT2D eigenvalue weighted by atomic mass is 19.1. The fourth-order valence-corrected chi connectivity index (χ4v) is 2.00. The zero-order chi connectivity index (χ0) is 14.0. The average molecular weight is 262 g/mol. The maximum Gasteiger partial charge on any atom is 0.146 e. The topological polar surface area (TPSA) is 42.4 Å². The van der Waals surface area contributed by atoms with Crippen LogP contribution in [0.5, 0.6) is 0 Å². The van der Waals surface area contributed by atoms with Gasteiger partial charge in [0.15, 0.2) is 0 Å². The van der Waals surface area contributed by atoms with Crippen LogP contribution < -0.4 is 10.6 Å². The van der Waals surface area contributed by atoms with Gasteiger partial charge in [0.05, 0.1) is 12.2 Å². The summed E-state index contributed by atoms with van der Waals surface area (Å²) in [5.41, 5.74) is 7.07. The Morgan fingerprint density at radius 2 is 2.05 bits per heavy atom. The predicted octanol–water partition coefficient (Wildman–Crippen LogP) is 3.38. The molecule has 0 saturated heterocycles. The van der Waals surface area contributed by atoms with Crippen LogP contribution in [0.3, 0.4) is 0 Å². The van der Waals surface area contributed by atoms with Gasteiger partial charge in [-0.05, 0) is 43.7 Å². The minimum atomic E-state index is -0.263. The van der Waals surface area contributed by atoms with E-state index in [4.69, 9.17) is 10.2 Å². The zero-order valence-corrected chi connectivity index (χ0v) is 11.5. The number of furan rings is 1. The first-order valence-electron chi connectivity index (χ1n) is 6.29. The summed E-state index contributed by atoms with van der Waals surface area (Å²) in [6.45, 7) is 4.26. The van der Waals surface area contributed by atoms with Crippen molar-refractivity contribution in [3.05, 3.63) is 53.2 Å². The number of nitrogens with zero attached hydrogens (tertiary/aromatic N) is 1. The summed E-state index contributed by atoms with van der Waals surface area (Å²) in [5, 5.41) is 0. The van der Waals surface area contributed by atoms with Gasteiger partial charge in [-0.25, -0.2) is 4.39 Å². The second-order valence-corrected chi connectivity index (χ2v) is 4.87. The van der Waals surface area contributed by atoms with Gasteiger partial charge in [-0.15, -0.1) is 0 Å². The Bertz CT molecular complexity index is 563. The molecule has 102 valence electrons. The molecule has 4 heteroatoms. The van der Waals surface area contributed by atoms with Crippen molar-refractivity contribution in [3.8, 4) is 0 Å². The number of nitrogens with two attached hydrogens (primary N) is 1. The SMILES string of the molecule is Cc1ccc(CN(C)c2ccc(C(C)N)cc2F)o1. The molecule has 1 unspecified atom stereocenters. The van der Waals surface area contributed by atoms with Crippen molar-refractivity contribution in [1.82, 2.24) is 0 Å². The van der Waals surface area contributed by atoms with Crippen molar-refractivity contribution < 1.29 is 8.81 Å². The number of hydrogen-bond acceptors (Lipinski definition) is 3. The normalized spacial score (nSPS) is 12.5. The van der Waals surface area contributed by atoms with Gasteiger partial charge in [-0.3, -0.25) is 0 Å². The lowest BCUT2D eigenvalue weighted by Crippen LogP contribution is -2.17. The molecule has 2 aromatic rings. The highest BCUT2D eigenvalue weighted by Crippen LogP contribution is 2.23. The first-order valence-corrected chi connectivity index (χ1v) is 6.29. The first kappa shape index (κ1) is 13.6. The Morgan fingerprint density at radius 3 is 2.58 bits per heavy atom. The Kier molecular flexibility index (Phi) is 3.90. The number of halogens is 1. The molecule has 2 N–H and O–H groups in total. The molecule has 0 fully saturated rings. The molecular weight excluding hydrogens is 243 g/mol. The third-order valence-electron chi connectivity index (χ3n) is 3.10. The molecule has 1 aromatic heterocycles. The third kappa shape index (κ3) is 3.15. The lowest BCUT2D eigenvalue weighted by molar-refractivity contribution is 0.480. The molecule has 3 nitrogen and oxygen atoms in total. The first-order chi connectivity index (χ1) is 8.97. The van der Waals surface area contributed by atoms with Crippen molar-refractivity contribution >= 4 is 5.69 Å². The van der Waals surface area contributed by atoms with Crippen molar-refractivity contribution in [2.24, 2.45) is 5.73 Å².